The van der Waals surface area contributed by atoms with E-state index in [4.69, 9.17) is 23.7 Å². The van der Waals surface area contributed by atoms with Crippen LogP contribution in [0.1, 0.15) is 106 Å². The fraction of sp³-hybridized carbons (Fsp3) is 1.00. The van der Waals surface area contributed by atoms with Crippen molar-refractivity contribution in [2.45, 2.75) is 197 Å². The van der Waals surface area contributed by atoms with Gasteiger partial charge in [0.2, 0.25) is 0 Å². The minimum Gasteiger partial charge on any atom is -0.394 e. The zero-order valence-electron chi connectivity index (χ0n) is 33.6. The summed E-state index contributed by atoms with van der Waals surface area (Å²) in [7, 11) is 0. The van der Waals surface area contributed by atoms with E-state index in [1.165, 1.54) is 0 Å². The standard InChI is InChI=1S/C41H68O14/c1-35(2)24(54-33-29(48)26(45)20(44)17-51-33)9-11-41-18-40(41)13-12-37(5)31(39(7)10-8-25(55-39)36(3,4)50)19(43)15-38(37,6)23(40)14-21(32(35)41)52-34-30(49)28(47)27(46)22(16-42)53-34/h19-34,42-50H,8-18H2,1-7H3/t19-,20+,21-,22+,23-,24-,25-,26-,27+,28-,29+,30+,31-,32-,33-,34+,37+,38+,39+,40-,41+/m0/s1. The topological polar surface area (TPSA) is 228 Å². The molecule has 8 fully saturated rings. The zero-order valence-corrected chi connectivity index (χ0v) is 33.6. The van der Waals surface area contributed by atoms with Gasteiger partial charge in [-0.05, 0) is 117 Å². The van der Waals surface area contributed by atoms with Crippen LogP contribution >= 0.6 is 0 Å². The van der Waals surface area contributed by atoms with E-state index in [9.17, 15) is 46.0 Å². The van der Waals surface area contributed by atoms with Crippen molar-refractivity contribution in [2.24, 2.45) is 44.8 Å². The van der Waals surface area contributed by atoms with Crippen molar-refractivity contribution in [3.8, 4) is 0 Å². The first-order valence-corrected chi connectivity index (χ1v) is 20.9. The van der Waals surface area contributed by atoms with Crippen molar-refractivity contribution in [3.05, 3.63) is 0 Å². The number of fused-ring (bicyclic) bond motifs is 2. The molecular formula is C41H68O14. The highest BCUT2D eigenvalue weighted by atomic mass is 16.7. The molecule has 0 amide bonds. The molecule has 5 aliphatic carbocycles. The predicted molar refractivity (Wildman–Crippen MR) is 194 cm³/mol. The van der Waals surface area contributed by atoms with Gasteiger partial charge >= 0.3 is 0 Å². The first-order valence-electron chi connectivity index (χ1n) is 20.9. The Hall–Kier alpha value is -0.560. The van der Waals surface area contributed by atoms with Crippen molar-refractivity contribution < 1.29 is 69.6 Å². The number of rotatable bonds is 7. The van der Waals surface area contributed by atoms with Crippen LogP contribution in [0, 0.1) is 44.8 Å². The van der Waals surface area contributed by atoms with E-state index < -0.39 is 96.8 Å². The van der Waals surface area contributed by atoms with E-state index in [0.29, 0.717) is 25.7 Å². The Morgan fingerprint density at radius 3 is 2.05 bits per heavy atom. The Labute approximate surface area is 324 Å². The molecule has 0 radical (unpaired) electrons. The summed E-state index contributed by atoms with van der Waals surface area (Å²) in [6.07, 6.45) is -7.48. The second-order valence-corrected chi connectivity index (χ2v) is 21.1. The van der Waals surface area contributed by atoms with Gasteiger partial charge in [0.25, 0.3) is 0 Å². The number of aliphatic hydroxyl groups is 9. The summed E-state index contributed by atoms with van der Waals surface area (Å²) in [5.74, 6) is -0.215. The molecule has 8 aliphatic rings. The highest BCUT2D eigenvalue weighted by molar-refractivity contribution is 5.33. The molecule has 2 spiro atoms. The predicted octanol–water partition coefficient (Wildman–Crippen LogP) is 0.724. The monoisotopic (exact) mass is 784 g/mol. The summed E-state index contributed by atoms with van der Waals surface area (Å²) >= 11 is 0. The van der Waals surface area contributed by atoms with Crippen molar-refractivity contribution >= 4 is 0 Å². The molecule has 0 unspecified atom stereocenters. The van der Waals surface area contributed by atoms with Crippen LogP contribution in [0.4, 0.5) is 0 Å². The third-order valence-corrected chi connectivity index (χ3v) is 17.6. The third kappa shape index (κ3) is 5.70. The molecule has 3 saturated heterocycles. The van der Waals surface area contributed by atoms with Crippen LogP contribution in [0.25, 0.3) is 0 Å². The van der Waals surface area contributed by atoms with Gasteiger partial charge in [-0.1, -0.05) is 27.7 Å². The molecule has 3 aliphatic heterocycles. The van der Waals surface area contributed by atoms with Gasteiger partial charge in [-0.15, -0.1) is 0 Å². The fourth-order valence-electron chi connectivity index (χ4n) is 14.9. The minimum absolute atomic E-state index is 0.0633. The summed E-state index contributed by atoms with van der Waals surface area (Å²) in [6.45, 7) is 13.8. The van der Waals surface area contributed by atoms with Crippen LogP contribution in [0.2, 0.25) is 0 Å². The summed E-state index contributed by atoms with van der Waals surface area (Å²) in [5, 5.41) is 97.2. The SMILES string of the molecule is CC(C)(O)[C@@H]1CC[C@](C)([C@H]2[C@@H](O)C[C@]3(C)[C@@H]4C[C@H](O[C@@H]5O[C@H](CO)[C@@H](O)[C@H](O)[C@H]5O)[C@H]5C(C)(C)[C@@H](O[C@@H]6OC[C@@H](O)[C@H](O)[C@H]6O)CC[C@@]56C[C@@]46CC[C@]23C)O1. The van der Waals surface area contributed by atoms with Gasteiger partial charge in [0.1, 0.15) is 42.7 Å². The Morgan fingerprint density at radius 2 is 1.40 bits per heavy atom. The van der Waals surface area contributed by atoms with E-state index in [1.54, 1.807) is 13.8 Å². The Bertz CT molecular complexity index is 1460. The Morgan fingerprint density at radius 1 is 0.709 bits per heavy atom. The van der Waals surface area contributed by atoms with Gasteiger partial charge in [0, 0.05) is 5.92 Å². The van der Waals surface area contributed by atoms with Crippen LogP contribution < -0.4 is 0 Å². The van der Waals surface area contributed by atoms with Gasteiger partial charge in [0.15, 0.2) is 12.6 Å². The molecule has 0 aromatic carbocycles. The van der Waals surface area contributed by atoms with Gasteiger partial charge in [-0.25, -0.2) is 0 Å². The first kappa shape index (κ1) is 41.2. The highest BCUT2D eigenvalue weighted by Crippen LogP contribution is 2.89. The van der Waals surface area contributed by atoms with E-state index in [2.05, 4.69) is 34.6 Å². The third-order valence-electron chi connectivity index (χ3n) is 17.6. The zero-order chi connectivity index (χ0) is 40.1. The van der Waals surface area contributed by atoms with E-state index in [1.807, 2.05) is 0 Å². The largest absolute Gasteiger partial charge is 0.394 e. The number of hydrogen-bond donors (Lipinski definition) is 9. The lowest BCUT2D eigenvalue weighted by molar-refractivity contribution is -0.339. The van der Waals surface area contributed by atoms with Crippen LogP contribution in [0.5, 0.6) is 0 Å². The molecular weight excluding hydrogens is 716 g/mol. The van der Waals surface area contributed by atoms with Gasteiger partial charge in [-0.2, -0.15) is 0 Å². The second-order valence-electron chi connectivity index (χ2n) is 21.1. The summed E-state index contributed by atoms with van der Waals surface area (Å²) in [6, 6.07) is 0. The maximum absolute atomic E-state index is 12.2. The van der Waals surface area contributed by atoms with Gasteiger partial charge < -0.3 is 69.6 Å². The lowest BCUT2D eigenvalue weighted by Crippen LogP contribution is -2.65. The quantitative estimate of drug-likeness (QED) is 0.162. The van der Waals surface area contributed by atoms with E-state index in [-0.39, 0.29) is 52.1 Å². The van der Waals surface area contributed by atoms with Crippen LogP contribution in [-0.2, 0) is 23.7 Å². The molecule has 9 N–H and O–H groups in total. The molecule has 14 nitrogen and oxygen atoms in total. The van der Waals surface area contributed by atoms with Gasteiger partial charge in [0.05, 0.1) is 48.8 Å². The summed E-state index contributed by atoms with van der Waals surface area (Å²) in [5.41, 5.74) is -3.16. The maximum atomic E-state index is 12.2. The molecule has 0 bridgehead atoms. The number of aliphatic hydroxyl groups excluding tert-OH is 8. The van der Waals surface area contributed by atoms with Crippen LogP contribution in [0.3, 0.4) is 0 Å². The molecule has 8 rings (SSSR count). The molecule has 0 aromatic heterocycles. The van der Waals surface area contributed by atoms with Gasteiger partial charge in [-0.3, -0.25) is 0 Å². The molecule has 3 heterocycles. The number of hydrogen-bond acceptors (Lipinski definition) is 14. The average molecular weight is 785 g/mol. The van der Waals surface area contributed by atoms with Crippen molar-refractivity contribution in [2.75, 3.05) is 13.2 Å². The van der Waals surface area contributed by atoms with Crippen LogP contribution in [-0.4, -0.2) is 150 Å². The van der Waals surface area contributed by atoms with Crippen molar-refractivity contribution in [1.29, 1.82) is 0 Å². The fourth-order valence-corrected chi connectivity index (χ4v) is 14.9. The van der Waals surface area contributed by atoms with E-state index in [0.717, 1.165) is 32.1 Å². The lowest BCUT2D eigenvalue weighted by Gasteiger charge is -2.65. The Balaban J connectivity index is 1.15. The second kappa shape index (κ2) is 13.2. The van der Waals surface area contributed by atoms with Crippen molar-refractivity contribution in [3.63, 3.8) is 0 Å². The van der Waals surface area contributed by atoms with Crippen molar-refractivity contribution in [1.82, 2.24) is 0 Å². The molecule has 14 heteroatoms. The smallest absolute Gasteiger partial charge is 0.186 e. The first-order chi connectivity index (χ1) is 25.5. The normalized spacial score (nSPS) is 58.7. The average Bonchev–Trinajstić information content (AvgIpc) is 3.47. The molecule has 316 valence electrons. The molecule has 55 heavy (non-hydrogen) atoms. The van der Waals surface area contributed by atoms with Crippen LogP contribution in [0.15, 0.2) is 0 Å². The highest BCUT2D eigenvalue weighted by Gasteiger charge is 2.85. The Kier molecular flexibility index (Phi) is 9.90. The summed E-state index contributed by atoms with van der Waals surface area (Å²) in [4.78, 5) is 0. The minimum atomic E-state index is -1.60. The molecule has 0 aromatic rings. The maximum Gasteiger partial charge on any atom is 0.186 e. The number of ether oxygens (including phenoxy) is 5. The molecule has 21 atom stereocenters. The lowest BCUT2D eigenvalue weighted by atomic mass is 9.41. The van der Waals surface area contributed by atoms with E-state index >= 15 is 0 Å². The summed E-state index contributed by atoms with van der Waals surface area (Å²) < 4.78 is 31.9. The molecule has 5 saturated carbocycles.